The molecule has 8 aliphatic heterocycles. The molecule has 25 aromatic rings. The highest BCUT2D eigenvalue weighted by atomic mass is 16.5. The number of fused-ring (bicyclic) bond motifs is 28. The summed E-state index contributed by atoms with van der Waals surface area (Å²) in [7, 11) is 0. The molecule has 21 aromatic carbocycles. The number of hydrogen-bond acceptors (Lipinski definition) is 4. The van der Waals surface area contributed by atoms with Crippen molar-refractivity contribution in [1.29, 1.82) is 0 Å². The second kappa shape index (κ2) is 32.9. The van der Waals surface area contributed by atoms with Crippen LogP contribution in [0.5, 0.6) is 46.0 Å². The molecule has 0 aliphatic carbocycles. The third-order valence-electron chi connectivity index (χ3n) is 33.0. The Morgan fingerprint density at radius 1 is 0.215 bits per heavy atom. The number of nitrogens with zero attached hydrogens (tertiary/aromatic N) is 4. The van der Waals surface area contributed by atoms with E-state index in [0.29, 0.717) is 5.92 Å². The summed E-state index contributed by atoms with van der Waals surface area (Å²) in [5, 5.41) is 10.4. The Bertz CT molecular complexity index is 10100. The average Bonchev–Trinajstić information content (AvgIpc) is 1.58. The van der Waals surface area contributed by atoms with E-state index in [4.69, 9.17) is 18.9 Å². The lowest BCUT2D eigenvalue weighted by Crippen LogP contribution is -2.58. The van der Waals surface area contributed by atoms with Crippen LogP contribution in [0.25, 0.3) is 166 Å². The fourth-order valence-electron chi connectivity index (χ4n) is 26.6. The van der Waals surface area contributed by atoms with Crippen LogP contribution >= 0.6 is 0 Å². The summed E-state index contributed by atoms with van der Waals surface area (Å²) in [6.07, 6.45) is 0. The van der Waals surface area contributed by atoms with Gasteiger partial charge in [0.15, 0.2) is 0 Å². The highest BCUT2D eigenvalue weighted by molar-refractivity contribution is 7.01. The van der Waals surface area contributed by atoms with E-state index in [1.54, 1.807) is 0 Å². The molecule has 8 nitrogen and oxygen atoms in total. The van der Waals surface area contributed by atoms with E-state index >= 15 is 0 Å². The predicted molar refractivity (Wildman–Crippen MR) is 627 cm³/mol. The van der Waals surface area contributed by atoms with Crippen LogP contribution in [0.1, 0.15) is 73.9 Å². The van der Waals surface area contributed by atoms with Crippen LogP contribution < -0.4 is 84.5 Å². The number of rotatable bonds is 6. The lowest BCUT2D eigenvalue weighted by molar-refractivity contribution is 0.483. The van der Waals surface area contributed by atoms with Crippen molar-refractivity contribution < 1.29 is 18.9 Å². The van der Waals surface area contributed by atoms with Gasteiger partial charge in [-0.2, -0.15) is 0 Å². The maximum atomic E-state index is 6.87. The van der Waals surface area contributed by atoms with E-state index < -0.39 is 0 Å². The van der Waals surface area contributed by atoms with Crippen molar-refractivity contribution in [3.63, 3.8) is 0 Å². The van der Waals surface area contributed by atoms with Crippen LogP contribution in [-0.4, -0.2) is 45.1 Å². The standard InChI is InChI=1S/C39H28BNO.C34H26BNO.C33H24BNO.C31H20BNO/c1-23-18-24(2)37(25(3)19-23)28-21-34-38-36(22-28)42-35-17-16-27(26-10-5-4-6-11-26)20-32(35)40(38)31-14-9-13-30-29-12-7-8-15-33(29)41(34)39(30)31;1-34(2,3)23-19-29-32-31(20-23)37-30-17-16-22(21-10-5-4-6-11-21)18-27(30)35(32)26-14-9-13-25-24-12-7-8-15-28(24)36(29)33(25)26;1-20(2)23-18-29-32-31(19-23)36-30-16-15-22(21-9-4-3-5-10-21)17-27(30)34(32)26-13-8-12-25-24-11-6-7-14-28(24)35(29)33(25)26;1-19-16-27-30-29(17-19)34-28-15-14-21(20-8-3-2-4-9-20)18-25(28)32(30)24-12-7-11-23-22-10-5-6-13-26(22)33(27)31(23)24/h4-22H,1-3H3;4-20H,1-3H3;3-20H,1-2H3;2-18H,1H3. The summed E-state index contributed by atoms with van der Waals surface area (Å²) in [5.74, 6) is 8.10. The van der Waals surface area contributed by atoms with Crippen LogP contribution in [0.3, 0.4) is 0 Å². The molecule has 0 amide bonds. The monoisotopic (exact) mass is 1910 g/mol. The molecule has 0 radical (unpaired) electrons. The maximum Gasteiger partial charge on any atom is 0.256 e. The normalized spacial score (nSPS) is 13.1. The minimum atomic E-state index is 0.000861. The van der Waals surface area contributed by atoms with Crippen molar-refractivity contribution in [3.05, 3.63) is 458 Å². The van der Waals surface area contributed by atoms with Crippen molar-refractivity contribution in [1.82, 2.24) is 18.3 Å². The minimum Gasteiger partial charge on any atom is -0.458 e. The molecule has 0 atom stereocenters. The van der Waals surface area contributed by atoms with Crippen LogP contribution in [0.15, 0.2) is 425 Å². The van der Waals surface area contributed by atoms with E-state index in [9.17, 15) is 0 Å². The zero-order chi connectivity index (χ0) is 99.4. The van der Waals surface area contributed by atoms with E-state index in [0.717, 1.165) is 46.0 Å². The second-order valence-electron chi connectivity index (χ2n) is 43.1. The van der Waals surface area contributed by atoms with Crippen LogP contribution in [-0.2, 0) is 5.41 Å². The quantitative estimate of drug-likeness (QED) is 0.156. The molecule has 0 saturated heterocycles. The Balaban J connectivity index is 0.0000000917. The van der Waals surface area contributed by atoms with Gasteiger partial charge in [-0.15, -0.1) is 0 Å². The Labute approximate surface area is 866 Å². The van der Waals surface area contributed by atoms with Gasteiger partial charge >= 0.3 is 0 Å². The highest BCUT2D eigenvalue weighted by Crippen LogP contribution is 2.48. The molecule has 8 aliphatic rings. The molecule has 33 rings (SSSR count). The first-order valence-corrected chi connectivity index (χ1v) is 52.4. The highest BCUT2D eigenvalue weighted by Gasteiger charge is 2.47. The summed E-state index contributed by atoms with van der Waals surface area (Å²) in [6, 6.07) is 155. The zero-order valence-corrected chi connectivity index (χ0v) is 84.2. The van der Waals surface area contributed by atoms with Gasteiger partial charge in [-0.1, -0.05) is 368 Å². The number of aryl methyl sites for hydroxylation is 4. The lowest BCUT2D eigenvalue weighted by Gasteiger charge is -2.35. The van der Waals surface area contributed by atoms with Gasteiger partial charge in [-0.05, 0) is 285 Å². The summed E-state index contributed by atoms with van der Waals surface area (Å²) in [6.45, 7) is 20.6. The molecule has 0 unspecified atom stereocenters. The van der Waals surface area contributed by atoms with E-state index in [1.807, 2.05) is 0 Å². The molecule has 702 valence electrons. The van der Waals surface area contributed by atoms with Crippen molar-refractivity contribution in [3.8, 4) is 124 Å². The fraction of sp³-hybridized carbons (Fsp3) is 0.0803. The largest absolute Gasteiger partial charge is 0.458 e. The molecular formula is C137H98B4N4O4. The number of aromatic nitrogens is 4. The van der Waals surface area contributed by atoms with Gasteiger partial charge in [0.25, 0.3) is 26.9 Å². The molecule has 0 fully saturated rings. The second-order valence-corrected chi connectivity index (χ2v) is 43.1. The topological polar surface area (TPSA) is 56.6 Å². The fourth-order valence-corrected chi connectivity index (χ4v) is 26.6. The first-order chi connectivity index (χ1) is 73.0. The van der Waals surface area contributed by atoms with Gasteiger partial charge in [0.1, 0.15) is 46.0 Å². The summed E-state index contributed by atoms with van der Waals surface area (Å²) >= 11 is 0. The molecular weight excluding hydrogens is 1810 g/mol. The van der Waals surface area contributed by atoms with Crippen molar-refractivity contribution in [2.24, 2.45) is 0 Å². The molecule has 0 N–H and O–H groups in total. The zero-order valence-electron chi connectivity index (χ0n) is 84.2. The van der Waals surface area contributed by atoms with E-state index in [1.165, 1.54) is 265 Å². The van der Waals surface area contributed by atoms with Gasteiger partial charge in [-0.25, -0.2) is 0 Å². The maximum absolute atomic E-state index is 6.87. The number of ether oxygens (including phenoxy) is 4. The van der Waals surface area contributed by atoms with Gasteiger partial charge in [0.2, 0.25) is 0 Å². The lowest BCUT2D eigenvalue weighted by atomic mass is 9.34. The number of hydrogen-bond donors (Lipinski definition) is 0. The first kappa shape index (κ1) is 86.7. The van der Waals surface area contributed by atoms with Gasteiger partial charge in [0, 0.05) is 87.9 Å². The van der Waals surface area contributed by atoms with Gasteiger partial charge in [-0.3, -0.25) is 0 Å². The van der Waals surface area contributed by atoms with Crippen molar-refractivity contribution in [2.45, 2.75) is 73.6 Å². The number of benzene rings is 21. The molecule has 0 saturated carbocycles. The summed E-state index contributed by atoms with van der Waals surface area (Å²) in [5.41, 5.74) is 50.5. The minimum absolute atomic E-state index is 0.000861. The van der Waals surface area contributed by atoms with Gasteiger partial charge < -0.3 is 37.2 Å². The smallest absolute Gasteiger partial charge is 0.256 e. The van der Waals surface area contributed by atoms with Gasteiger partial charge in [0.05, 0.1) is 22.1 Å². The molecule has 12 heterocycles. The van der Waals surface area contributed by atoms with Crippen LogP contribution in [0.4, 0.5) is 0 Å². The predicted octanol–water partition coefficient (Wildman–Crippen LogP) is 26.9. The molecule has 12 heteroatoms. The Morgan fingerprint density at radius 3 is 0.832 bits per heavy atom. The molecule has 0 bridgehead atoms. The van der Waals surface area contributed by atoms with Crippen molar-refractivity contribution >= 4 is 180 Å². The Hall–Kier alpha value is -17.7. The Kier molecular flexibility index (Phi) is 19.1. The summed E-state index contributed by atoms with van der Waals surface area (Å²) < 4.78 is 36.8. The third kappa shape index (κ3) is 13.1. The van der Waals surface area contributed by atoms with Crippen LogP contribution in [0, 0.1) is 27.7 Å². The van der Waals surface area contributed by atoms with Crippen LogP contribution in [0.2, 0.25) is 0 Å². The summed E-state index contributed by atoms with van der Waals surface area (Å²) in [4.78, 5) is 0. The molecule has 149 heavy (non-hydrogen) atoms. The first-order valence-electron chi connectivity index (χ1n) is 52.4. The third-order valence-corrected chi connectivity index (χ3v) is 33.0. The average molecular weight is 1910 g/mol. The molecule has 4 aromatic heterocycles. The van der Waals surface area contributed by atoms with E-state index in [-0.39, 0.29) is 32.3 Å². The SMILES string of the molecule is CC(C)(C)c1cc2c3c(c1)-n1c4ccccc4c4cccc(c41)B3c1cc(-c3ccccc3)ccc1O2.CC(C)c1cc2c3c(c1)-n1c4ccccc4c4cccc(c41)B3c1cc(-c3ccccc3)ccc1O2.Cc1cc(C)c(-c2cc3c4c(c2)-n2c5ccccc5c5cccc(c52)B4c2cc(-c4ccccc4)ccc2O3)c(C)c1.Cc1cc2c3c(c1)-n1c4ccccc4c4cccc(c41)B3c1cc(-c3ccccc3)ccc1O2. The van der Waals surface area contributed by atoms with E-state index in [2.05, 4.69) is 505 Å². The Morgan fingerprint density at radius 2 is 0.497 bits per heavy atom. The van der Waals surface area contributed by atoms with Crippen molar-refractivity contribution in [2.75, 3.05) is 0 Å². The molecule has 0 spiro atoms. The number of para-hydroxylation sites is 8.